The maximum Gasteiger partial charge on any atom is 0.0560 e. The van der Waals surface area contributed by atoms with Crippen molar-refractivity contribution >= 4 is 33.5 Å². The van der Waals surface area contributed by atoms with E-state index in [1.165, 1.54) is 44.7 Å². The third-order valence-electron chi connectivity index (χ3n) is 6.54. The summed E-state index contributed by atoms with van der Waals surface area (Å²) in [5, 5.41) is 2.53. The molecular weight excluding hydrogens is 400 g/mol. The van der Waals surface area contributed by atoms with Crippen molar-refractivity contribution in [3.63, 3.8) is 0 Å². The molecule has 1 atom stereocenters. The number of benzene rings is 4. The van der Waals surface area contributed by atoms with Gasteiger partial charge in [-0.1, -0.05) is 71.8 Å². The van der Waals surface area contributed by atoms with E-state index in [0.29, 0.717) is 6.04 Å². The topological polar surface area (TPSA) is 6.48 Å². The van der Waals surface area contributed by atoms with Crippen molar-refractivity contribution in [3.8, 4) is 0 Å². The van der Waals surface area contributed by atoms with Gasteiger partial charge in [-0.05, 0) is 79.6 Å². The average molecular weight is 431 g/mol. The van der Waals surface area contributed by atoms with E-state index in [9.17, 15) is 0 Å². The fourth-order valence-electron chi connectivity index (χ4n) is 4.52. The summed E-state index contributed by atoms with van der Waals surface area (Å²) < 4.78 is 0. The Bertz CT molecular complexity index is 1310. The van der Waals surface area contributed by atoms with Crippen LogP contribution in [0.1, 0.15) is 18.9 Å². The van der Waals surface area contributed by atoms with Crippen LogP contribution < -0.4 is 9.80 Å². The van der Waals surface area contributed by atoms with Gasteiger partial charge in [0.2, 0.25) is 0 Å². The molecule has 5 rings (SSSR count). The summed E-state index contributed by atoms with van der Waals surface area (Å²) in [4.78, 5) is 4.69. The number of hydrogen-bond acceptors (Lipinski definition) is 2. The van der Waals surface area contributed by atoms with Crippen LogP contribution in [0.5, 0.6) is 0 Å². The van der Waals surface area contributed by atoms with Gasteiger partial charge in [-0.2, -0.15) is 0 Å². The van der Waals surface area contributed by atoms with Crippen LogP contribution in [0, 0.1) is 6.92 Å². The molecule has 0 aliphatic heterocycles. The number of fused-ring (bicyclic) bond motifs is 1. The standard InChI is InChI=1S/C31H30N2/c1-23-8-13-28(14-9-23)33(29-15-10-24(2)11-16-29)30-20-18-27(19-21-30)32(3)31-17-12-25-6-4-5-7-26(25)22-31/h4-15,17-22,29H,16H2,1-3H3. The number of allylic oxidation sites excluding steroid dienone is 2. The van der Waals surface area contributed by atoms with Gasteiger partial charge in [-0.3, -0.25) is 0 Å². The van der Waals surface area contributed by atoms with Crippen molar-refractivity contribution in [3.05, 3.63) is 120 Å². The van der Waals surface area contributed by atoms with E-state index in [-0.39, 0.29) is 0 Å². The monoisotopic (exact) mass is 430 g/mol. The van der Waals surface area contributed by atoms with E-state index in [0.717, 1.165) is 6.42 Å². The number of nitrogens with zero attached hydrogens (tertiary/aromatic N) is 2. The minimum Gasteiger partial charge on any atom is -0.345 e. The molecule has 4 aromatic carbocycles. The lowest BCUT2D eigenvalue weighted by Gasteiger charge is -2.33. The molecule has 2 nitrogen and oxygen atoms in total. The zero-order valence-corrected chi connectivity index (χ0v) is 19.6. The molecule has 0 N–H and O–H groups in total. The smallest absolute Gasteiger partial charge is 0.0560 e. The van der Waals surface area contributed by atoms with Gasteiger partial charge in [-0.25, -0.2) is 0 Å². The molecule has 1 unspecified atom stereocenters. The molecule has 1 aliphatic rings. The Balaban J connectivity index is 1.45. The Morgan fingerprint density at radius 1 is 0.667 bits per heavy atom. The van der Waals surface area contributed by atoms with Gasteiger partial charge in [0.25, 0.3) is 0 Å². The van der Waals surface area contributed by atoms with Gasteiger partial charge in [0.1, 0.15) is 0 Å². The number of rotatable bonds is 5. The van der Waals surface area contributed by atoms with Crippen LogP contribution in [0.3, 0.4) is 0 Å². The lowest BCUT2D eigenvalue weighted by Crippen LogP contribution is -2.30. The predicted molar refractivity (Wildman–Crippen MR) is 143 cm³/mol. The molecule has 0 bridgehead atoms. The van der Waals surface area contributed by atoms with Crippen molar-refractivity contribution in [1.29, 1.82) is 0 Å². The fraction of sp³-hybridized carbons (Fsp3) is 0.161. The zero-order chi connectivity index (χ0) is 22.8. The van der Waals surface area contributed by atoms with Crippen LogP contribution in [0.25, 0.3) is 10.8 Å². The summed E-state index contributed by atoms with van der Waals surface area (Å²) in [7, 11) is 2.13. The van der Waals surface area contributed by atoms with E-state index in [1.807, 2.05) is 0 Å². The van der Waals surface area contributed by atoms with E-state index in [2.05, 4.69) is 140 Å². The molecular formula is C31H30N2. The summed E-state index contributed by atoms with van der Waals surface area (Å²) in [5.41, 5.74) is 7.40. The van der Waals surface area contributed by atoms with Gasteiger partial charge >= 0.3 is 0 Å². The Labute approximate surface area is 197 Å². The third-order valence-corrected chi connectivity index (χ3v) is 6.54. The normalized spacial score (nSPS) is 15.4. The SMILES string of the molecule is CC1=CCC(N(c2ccc(C)cc2)c2ccc(N(C)c3ccc4ccccc4c3)cc2)C=C1. The second-order valence-corrected chi connectivity index (χ2v) is 8.92. The molecule has 164 valence electrons. The molecule has 0 saturated carbocycles. The van der Waals surface area contributed by atoms with Gasteiger partial charge in [0.15, 0.2) is 0 Å². The van der Waals surface area contributed by atoms with Crippen LogP contribution >= 0.6 is 0 Å². The van der Waals surface area contributed by atoms with Gasteiger partial charge in [0.05, 0.1) is 6.04 Å². The van der Waals surface area contributed by atoms with Crippen molar-refractivity contribution < 1.29 is 0 Å². The highest BCUT2D eigenvalue weighted by molar-refractivity contribution is 5.87. The van der Waals surface area contributed by atoms with Gasteiger partial charge in [-0.15, -0.1) is 0 Å². The van der Waals surface area contributed by atoms with Crippen LogP contribution in [0.2, 0.25) is 0 Å². The average Bonchev–Trinajstić information content (AvgIpc) is 2.86. The fourth-order valence-corrected chi connectivity index (χ4v) is 4.52. The minimum absolute atomic E-state index is 0.306. The summed E-state index contributed by atoms with van der Waals surface area (Å²) >= 11 is 0. The minimum atomic E-state index is 0.306. The maximum absolute atomic E-state index is 2.44. The molecule has 33 heavy (non-hydrogen) atoms. The van der Waals surface area contributed by atoms with Crippen molar-refractivity contribution in [2.45, 2.75) is 26.3 Å². The Morgan fingerprint density at radius 3 is 1.94 bits per heavy atom. The Kier molecular flexibility index (Phi) is 5.75. The Hall–Kier alpha value is -3.78. The van der Waals surface area contributed by atoms with E-state index < -0.39 is 0 Å². The highest BCUT2D eigenvalue weighted by Gasteiger charge is 2.20. The summed E-state index contributed by atoms with van der Waals surface area (Å²) in [6.07, 6.45) is 7.89. The summed E-state index contributed by atoms with van der Waals surface area (Å²) in [6, 6.07) is 33.2. The third kappa shape index (κ3) is 4.42. The molecule has 0 spiro atoms. The molecule has 0 saturated heterocycles. The van der Waals surface area contributed by atoms with E-state index in [1.54, 1.807) is 0 Å². The van der Waals surface area contributed by atoms with Gasteiger partial charge < -0.3 is 9.80 Å². The second-order valence-electron chi connectivity index (χ2n) is 8.92. The van der Waals surface area contributed by atoms with E-state index in [4.69, 9.17) is 0 Å². The quantitative estimate of drug-likeness (QED) is 0.314. The maximum atomic E-state index is 2.44. The highest BCUT2D eigenvalue weighted by atomic mass is 15.2. The zero-order valence-electron chi connectivity index (χ0n) is 19.6. The molecule has 1 aliphatic carbocycles. The number of aryl methyl sites for hydroxylation is 1. The number of hydrogen-bond donors (Lipinski definition) is 0. The predicted octanol–water partition coefficient (Wildman–Crippen LogP) is 8.33. The molecule has 0 amide bonds. The van der Waals surface area contributed by atoms with Crippen molar-refractivity contribution in [1.82, 2.24) is 0 Å². The molecule has 4 aromatic rings. The van der Waals surface area contributed by atoms with Crippen molar-refractivity contribution in [2.24, 2.45) is 0 Å². The largest absolute Gasteiger partial charge is 0.345 e. The first-order valence-corrected chi connectivity index (χ1v) is 11.6. The first-order chi connectivity index (χ1) is 16.1. The molecule has 0 heterocycles. The van der Waals surface area contributed by atoms with Crippen LogP contribution in [0.15, 0.2) is 115 Å². The Morgan fingerprint density at radius 2 is 1.27 bits per heavy atom. The highest BCUT2D eigenvalue weighted by Crippen LogP contribution is 2.34. The summed E-state index contributed by atoms with van der Waals surface area (Å²) in [6.45, 7) is 4.30. The molecule has 2 heteroatoms. The second kappa shape index (κ2) is 8.99. The summed E-state index contributed by atoms with van der Waals surface area (Å²) in [5.74, 6) is 0. The lowest BCUT2D eigenvalue weighted by molar-refractivity contribution is 0.779. The van der Waals surface area contributed by atoms with Gasteiger partial charge in [0, 0.05) is 29.8 Å². The molecule has 0 aromatic heterocycles. The first kappa shape index (κ1) is 21.1. The molecule has 0 fully saturated rings. The van der Waals surface area contributed by atoms with Crippen LogP contribution in [-0.4, -0.2) is 13.1 Å². The molecule has 0 radical (unpaired) electrons. The van der Waals surface area contributed by atoms with Crippen LogP contribution in [0.4, 0.5) is 22.7 Å². The lowest BCUT2D eigenvalue weighted by atomic mass is 10.0. The van der Waals surface area contributed by atoms with Crippen LogP contribution in [-0.2, 0) is 0 Å². The van der Waals surface area contributed by atoms with Crippen molar-refractivity contribution in [2.75, 3.05) is 16.8 Å². The first-order valence-electron chi connectivity index (χ1n) is 11.6. The number of anilines is 4. The van der Waals surface area contributed by atoms with E-state index >= 15 is 0 Å².